The molecule has 0 atom stereocenters. The van der Waals surface area contributed by atoms with Crippen molar-refractivity contribution in [2.45, 2.75) is 38.6 Å². The number of amides is 1. The predicted octanol–water partition coefficient (Wildman–Crippen LogP) is 2.56. The summed E-state index contributed by atoms with van der Waals surface area (Å²) in [5.41, 5.74) is 2.24. The zero-order valence-corrected chi connectivity index (χ0v) is 14.2. The molecule has 4 rings (SSSR count). The summed E-state index contributed by atoms with van der Waals surface area (Å²) in [7, 11) is 0. The van der Waals surface area contributed by atoms with E-state index < -0.39 is 0 Å². The molecule has 2 aromatic heterocycles. The Kier molecular flexibility index (Phi) is 4.52. The number of piperazine rings is 1. The first kappa shape index (κ1) is 15.6. The van der Waals surface area contributed by atoms with Gasteiger partial charge in [0.15, 0.2) is 0 Å². The molecule has 2 aromatic rings. The number of nitrogens with zero attached hydrogens (tertiary/aromatic N) is 4. The summed E-state index contributed by atoms with van der Waals surface area (Å²) in [5, 5.41) is 4.63. The van der Waals surface area contributed by atoms with Gasteiger partial charge in [0.2, 0.25) is 5.91 Å². The second-order valence-electron chi connectivity index (χ2n) is 7.14. The molecule has 0 radical (unpaired) electrons. The van der Waals surface area contributed by atoms with E-state index in [1.165, 1.54) is 19.3 Å². The number of carbonyl (C=O) groups is 1. The molecule has 3 heterocycles. The number of hydrogen-bond acceptors (Lipinski definition) is 3. The number of fused-ring (bicyclic) bond motifs is 1. The minimum Gasteiger partial charge on any atom is -0.340 e. The highest BCUT2D eigenvalue weighted by Gasteiger charge is 2.28. The van der Waals surface area contributed by atoms with Crippen molar-refractivity contribution in [2.24, 2.45) is 5.92 Å². The third-order valence-corrected chi connectivity index (χ3v) is 5.44. The van der Waals surface area contributed by atoms with Crippen molar-refractivity contribution < 1.29 is 4.79 Å². The van der Waals surface area contributed by atoms with E-state index in [1.807, 2.05) is 22.8 Å². The van der Waals surface area contributed by atoms with Gasteiger partial charge in [-0.05, 0) is 31.0 Å². The Morgan fingerprint density at radius 2 is 1.88 bits per heavy atom. The van der Waals surface area contributed by atoms with Crippen LogP contribution in [-0.4, -0.2) is 51.5 Å². The number of pyridine rings is 1. The van der Waals surface area contributed by atoms with E-state index in [1.54, 1.807) is 0 Å². The highest BCUT2D eigenvalue weighted by molar-refractivity contribution is 5.79. The van der Waals surface area contributed by atoms with E-state index >= 15 is 0 Å². The summed E-state index contributed by atoms with van der Waals surface area (Å²) in [6.45, 7) is 4.50. The second kappa shape index (κ2) is 6.93. The molecule has 5 nitrogen and oxygen atoms in total. The number of carbonyl (C=O) groups excluding carboxylic acids is 1. The van der Waals surface area contributed by atoms with Gasteiger partial charge in [-0.3, -0.25) is 9.69 Å². The molecule has 24 heavy (non-hydrogen) atoms. The maximum absolute atomic E-state index is 12.6. The summed E-state index contributed by atoms with van der Waals surface area (Å²) in [6.07, 6.45) is 7.94. The quantitative estimate of drug-likeness (QED) is 0.870. The summed E-state index contributed by atoms with van der Waals surface area (Å²) in [6, 6.07) is 8.27. The second-order valence-corrected chi connectivity index (χ2v) is 7.14. The van der Waals surface area contributed by atoms with Crippen molar-refractivity contribution in [2.75, 3.05) is 26.2 Å². The first-order chi connectivity index (χ1) is 11.8. The summed E-state index contributed by atoms with van der Waals surface area (Å²) < 4.78 is 1.93. The van der Waals surface area contributed by atoms with Crippen LogP contribution < -0.4 is 0 Å². The van der Waals surface area contributed by atoms with Gasteiger partial charge in [-0.2, -0.15) is 5.10 Å². The van der Waals surface area contributed by atoms with Gasteiger partial charge in [0.1, 0.15) is 0 Å². The molecular weight excluding hydrogens is 300 g/mol. The molecule has 1 amide bonds. The fraction of sp³-hybridized carbons (Fsp3) is 0.579. The first-order valence-corrected chi connectivity index (χ1v) is 9.24. The van der Waals surface area contributed by atoms with Crippen LogP contribution in [0.15, 0.2) is 30.5 Å². The summed E-state index contributed by atoms with van der Waals surface area (Å²) >= 11 is 0. The monoisotopic (exact) mass is 326 g/mol. The van der Waals surface area contributed by atoms with Crippen molar-refractivity contribution in [1.29, 1.82) is 0 Å². The molecular formula is C19H26N4O. The zero-order valence-electron chi connectivity index (χ0n) is 14.2. The molecule has 0 N–H and O–H groups in total. The van der Waals surface area contributed by atoms with Crippen LogP contribution in [0, 0.1) is 5.92 Å². The van der Waals surface area contributed by atoms with E-state index in [0.29, 0.717) is 11.8 Å². The van der Waals surface area contributed by atoms with Crippen molar-refractivity contribution in [3.8, 4) is 0 Å². The largest absolute Gasteiger partial charge is 0.340 e. The standard InChI is InChI=1S/C19H26N4O/c24-19(16-6-2-1-3-7-16)22-12-10-21(11-13-22)15-17-14-18-8-4-5-9-23(18)20-17/h4-5,8-9,14,16H,1-3,6-7,10-13,15H2. The molecule has 1 saturated heterocycles. The van der Waals surface area contributed by atoms with Gasteiger partial charge in [-0.25, -0.2) is 4.52 Å². The Labute approximate surface area is 143 Å². The molecule has 1 aliphatic heterocycles. The third kappa shape index (κ3) is 3.31. The lowest BCUT2D eigenvalue weighted by Crippen LogP contribution is -2.50. The lowest BCUT2D eigenvalue weighted by molar-refractivity contribution is -0.138. The maximum atomic E-state index is 12.6. The fourth-order valence-corrected chi connectivity index (χ4v) is 4.03. The van der Waals surface area contributed by atoms with Crippen LogP contribution in [0.3, 0.4) is 0 Å². The van der Waals surface area contributed by atoms with E-state index in [4.69, 9.17) is 0 Å². The van der Waals surface area contributed by atoms with E-state index in [9.17, 15) is 4.79 Å². The number of aromatic nitrogens is 2. The highest BCUT2D eigenvalue weighted by atomic mass is 16.2. The Bertz CT molecular complexity index is 663. The molecule has 0 spiro atoms. The Morgan fingerprint density at radius 3 is 2.62 bits per heavy atom. The third-order valence-electron chi connectivity index (χ3n) is 5.44. The normalized spacial score (nSPS) is 20.6. The molecule has 0 aromatic carbocycles. The molecule has 2 fully saturated rings. The number of hydrogen-bond donors (Lipinski definition) is 0. The molecule has 0 unspecified atom stereocenters. The van der Waals surface area contributed by atoms with Crippen molar-refractivity contribution in [3.05, 3.63) is 36.2 Å². The van der Waals surface area contributed by atoms with Crippen LogP contribution in [-0.2, 0) is 11.3 Å². The van der Waals surface area contributed by atoms with Gasteiger partial charge in [0.25, 0.3) is 0 Å². The average molecular weight is 326 g/mol. The first-order valence-electron chi connectivity index (χ1n) is 9.24. The smallest absolute Gasteiger partial charge is 0.225 e. The van der Waals surface area contributed by atoms with Crippen LogP contribution in [0.5, 0.6) is 0 Å². The van der Waals surface area contributed by atoms with Crippen LogP contribution in [0.1, 0.15) is 37.8 Å². The van der Waals surface area contributed by atoms with Gasteiger partial charge >= 0.3 is 0 Å². The lowest BCUT2D eigenvalue weighted by atomic mass is 9.88. The van der Waals surface area contributed by atoms with E-state index in [0.717, 1.165) is 56.8 Å². The number of rotatable bonds is 3. The molecule has 2 aliphatic rings. The summed E-state index contributed by atoms with van der Waals surface area (Å²) in [4.78, 5) is 17.1. The Hall–Kier alpha value is -1.88. The van der Waals surface area contributed by atoms with Crippen molar-refractivity contribution in [1.82, 2.24) is 19.4 Å². The van der Waals surface area contributed by atoms with Crippen LogP contribution in [0.4, 0.5) is 0 Å². The van der Waals surface area contributed by atoms with Gasteiger partial charge in [-0.1, -0.05) is 25.3 Å². The molecule has 1 aliphatic carbocycles. The highest BCUT2D eigenvalue weighted by Crippen LogP contribution is 2.26. The zero-order chi connectivity index (χ0) is 16.4. The van der Waals surface area contributed by atoms with Gasteiger partial charge in [-0.15, -0.1) is 0 Å². The average Bonchev–Trinajstić information content (AvgIpc) is 3.05. The SMILES string of the molecule is O=C(C1CCCCC1)N1CCN(Cc2cc3ccccn3n2)CC1. The topological polar surface area (TPSA) is 40.9 Å². The molecule has 1 saturated carbocycles. The Balaban J connectivity index is 1.31. The van der Waals surface area contributed by atoms with E-state index in [2.05, 4.69) is 27.0 Å². The van der Waals surface area contributed by atoms with Gasteiger partial charge in [0.05, 0.1) is 11.2 Å². The van der Waals surface area contributed by atoms with Crippen LogP contribution in [0.25, 0.3) is 5.52 Å². The molecule has 128 valence electrons. The minimum absolute atomic E-state index is 0.295. The predicted molar refractivity (Wildman–Crippen MR) is 93.6 cm³/mol. The minimum atomic E-state index is 0.295. The van der Waals surface area contributed by atoms with Crippen molar-refractivity contribution in [3.63, 3.8) is 0 Å². The van der Waals surface area contributed by atoms with Crippen LogP contribution in [0.2, 0.25) is 0 Å². The summed E-state index contributed by atoms with van der Waals surface area (Å²) in [5.74, 6) is 0.700. The Morgan fingerprint density at radius 1 is 1.08 bits per heavy atom. The molecule has 0 bridgehead atoms. The van der Waals surface area contributed by atoms with Gasteiger partial charge < -0.3 is 4.90 Å². The van der Waals surface area contributed by atoms with Gasteiger partial charge in [0, 0.05) is 44.8 Å². The fourth-order valence-electron chi connectivity index (χ4n) is 4.03. The van der Waals surface area contributed by atoms with E-state index in [-0.39, 0.29) is 0 Å². The van der Waals surface area contributed by atoms with Crippen molar-refractivity contribution >= 4 is 11.4 Å². The van der Waals surface area contributed by atoms with Crippen LogP contribution >= 0.6 is 0 Å². The molecule has 5 heteroatoms. The lowest BCUT2D eigenvalue weighted by Gasteiger charge is -2.36. The maximum Gasteiger partial charge on any atom is 0.225 e.